The molecule has 0 N–H and O–H groups in total. The molecule has 0 aromatic heterocycles. The van der Waals surface area contributed by atoms with Crippen molar-refractivity contribution in [2.24, 2.45) is 0 Å². The molecular weight excluding hydrogens is 192 g/mol. The van der Waals surface area contributed by atoms with Crippen LogP contribution < -0.4 is 4.74 Å². The Bertz CT molecular complexity index is 397. The van der Waals surface area contributed by atoms with E-state index >= 15 is 0 Å². The highest BCUT2D eigenvalue weighted by Crippen LogP contribution is 2.18. The number of rotatable bonds is 3. The van der Waals surface area contributed by atoms with Crippen LogP contribution in [-0.4, -0.2) is 20.2 Å². The molecule has 0 spiro atoms. The molecule has 0 saturated heterocycles. The van der Waals surface area contributed by atoms with Gasteiger partial charge in [0.05, 0.1) is 14.2 Å². The molecule has 1 rings (SSSR count). The van der Waals surface area contributed by atoms with Crippen LogP contribution in [0.5, 0.6) is 5.75 Å². The first-order chi connectivity index (χ1) is 7.22. The summed E-state index contributed by atoms with van der Waals surface area (Å²) in [5.74, 6) is 0.280. The highest BCUT2D eigenvalue weighted by atomic mass is 16.5. The van der Waals surface area contributed by atoms with E-state index in [1.54, 1.807) is 31.4 Å². The van der Waals surface area contributed by atoms with Crippen LogP contribution in [0.3, 0.4) is 0 Å². The van der Waals surface area contributed by atoms with E-state index < -0.39 is 5.97 Å². The van der Waals surface area contributed by atoms with Crippen molar-refractivity contribution in [3.63, 3.8) is 0 Å². The van der Waals surface area contributed by atoms with Gasteiger partial charge in [0.15, 0.2) is 0 Å². The van der Waals surface area contributed by atoms with Gasteiger partial charge >= 0.3 is 5.97 Å². The number of ether oxygens (including phenoxy) is 2. The summed E-state index contributed by atoms with van der Waals surface area (Å²) in [6.45, 7) is 3.45. The summed E-state index contributed by atoms with van der Waals surface area (Å²) in [4.78, 5) is 11.3. The van der Waals surface area contributed by atoms with Crippen LogP contribution in [0.15, 0.2) is 36.6 Å². The maximum absolute atomic E-state index is 11.3. The van der Waals surface area contributed by atoms with Crippen molar-refractivity contribution in [3.8, 4) is 5.75 Å². The second-order valence-corrected chi connectivity index (χ2v) is 2.77. The average Bonchev–Trinajstić information content (AvgIpc) is 2.30. The Morgan fingerprint density at radius 3 is 2.27 bits per heavy atom. The minimum Gasteiger partial charge on any atom is -0.497 e. The minimum absolute atomic E-state index is 0.320. The summed E-state index contributed by atoms with van der Waals surface area (Å²) < 4.78 is 9.61. The number of methoxy groups -OCH3 is 2. The zero-order valence-corrected chi connectivity index (χ0v) is 8.74. The molecule has 0 fully saturated rings. The van der Waals surface area contributed by atoms with Crippen LogP contribution in [0, 0.1) is 0 Å². The number of hydrogen-bond acceptors (Lipinski definition) is 3. The second kappa shape index (κ2) is 5.03. The van der Waals surface area contributed by atoms with Gasteiger partial charge in [0.25, 0.3) is 0 Å². The van der Waals surface area contributed by atoms with E-state index in [4.69, 9.17) is 4.74 Å². The summed E-state index contributed by atoms with van der Waals surface area (Å²) in [6, 6.07) is 7.03. The van der Waals surface area contributed by atoms with Crippen molar-refractivity contribution >= 4 is 11.5 Å². The van der Waals surface area contributed by atoms with Gasteiger partial charge in [-0.1, -0.05) is 6.58 Å². The number of carbonyl (C=O) groups excluding carboxylic acids is 1. The zero-order valence-electron chi connectivity index (χ0n) is 8.74. The third kappa shape index (κ3) is 2.48. The van der Waals surface area contributed by atoms with Crippen LogP contribution in [-0.2, 0) is 9.53 Å². The molecular formula is C12H12O3. The molecule has 3 heteroatoms. The zero-order chi connectivity index (χ0) is 11.3. The van der Waals surface area contributed by atoms with Gasteiger partial charge in [-0.2, -0.15) is 0 Å². The Hall–Kier alpha value is -1.99. The van der Waals surface area contributed by atoms with E-state index in [2.05, 4.69) is 17.0 Å². The Labute approximate surface area is 88.6 Å². The molecule has 1 aromatic rings. The lowest BCUT2D eigenvalue weighted by atomic mass is 10.1. The molecule has 0 aliphatic carbocycles. The fourth-order valence-electron chi connectivity index (χ4n) is 1.15. The van der Waals surface area contributed by atoms with Crippen molar-refractivity contribution in [2.45, 2.75) is 0 Å². The van der Waals surface area contributed by atoms with Crippen molar-refractivity contribution in [2.75, 3.05) is 14.2 Å². The van der Waals surface area contributed by atoms with Crippen LogP contribution in [0.1, 0.15) is 5.56 Å². The van der Waals surface area contributed by atoms with E-state index in [9.17, 15) is 4.79 Å². The van der Waals surface area contributed by atoms with Gasteiger partial charge in [0.2, 0.25) is 0 Å². The monoisotopic (exact) mass is 204 g/mol. The SMILES string of the molecule is C=C=C(C(=O)OC)c1ccc(OC)cc1. The molecule has 0 aliphatic heterocycles. The third-order valence-corrected chi connectivity index (χ3v) is 1.94. The van der Waals surface area contributed by atoms with Gasteiger partial charge in [-0.25, -0.2) is 4.79 Å². The topological polar surface area (TPSA) is 35.5 Å². The first-order valence-electron chi connectivity index (χ1n) is 4.35. The molecule has 78 valence electrons. The van der Waals surface area contributed by atoms with E-state index in [-0.39, 0.29) is 0 Å². The largest absolute Gasteiger partial charge is 0.497 e. The van der Waals surface area contributed by atoms with Gasteiger partial charge in [-0.3, -0.25) is 0 Å². The minimum atomic E-state index is -0.449. The Balaban J connectivity index is 3.04. The summed E-state index contributed by atoms with van der Waals surface area (Å²) >= 11 is 0. The molecule has 0 heterocycles. The highest BCUT2D eigenvalue weighted by molar-refractivity contribution is 6.16. The molecule has 0 amide bonds. The Kier molecular flexibility index (Phi) is 3.72. The maximum Gasteiger partial charge on any atom is 0.346 e. The first kappa shape index (κ1) is 11.1. The fourth-order valence-corrected chi connectivity index (χ4v) is 1.15. The van der Waals surface area contributed by atoms with Crippen molar-refractivity contribution in [1.82, 2.24) is 0 Å². The Morgan fingerprint density at radius 1 is 1.27 bits per heavy atom. The van der Waals surface area contributed by atoms with Crippen LogP contribution in [0.25, 0.3) is 5.57 Å². The van der Waals surface area contributed by atoms with E-state index in [1.807, 2.05) is 0 Å². The predicted molar refractivity (Wildman–Crippen MR) is 57.6 cm³/mol. The lowest BCUT2D eigenvalue weighted by molar-refractivity contribution is -0.133. The van der Waals surface area contributed by atoms with Crippen molar-refractivity contribution in [1.29, 1.82) is 0 Å². The van der Waals surface area contributed by atoms with Gasteiger partial charge in [0, 0.05) is 0 Å². The second-order valence-electron chi connectivity index (χ2n) is 2.77. The fraction of sp³-hybridized carbons (Fsp3) is 0.167. The molecule has 0 atom stereocenters. The van der Waals surface area contributed by atoms with Gasteiger partial charge in [-0.05, 0) is 29.8 Å². The quantitative estimate of drug-likeness (QED) is 0.429. The number of hydrogen-bond donors (Lipinski definition) is 0. The van der Waals surface area contributed by atoms with E-state index in [0.717, 1.165) is 5.75 Å². The summed E-state index contributed by atoms with van der Waals surface area (Å²) in [6.07, 6.45) is 0. The van der Waals surface area contributed by atoms with Gasteiger partial charge < -0.3 is 9.47 Å². The lowest BCUT2D eigenvalue weighted by Gasteiger charge is -2.04. The van der Waals surface area contributed by atoms with Crippen LogP contribution in [0.2, 0.25) is 0 Å². The normalized spacial score (nSPS) is 8.93. The third-order valence-electron chi connectivity index (χ3n) is 1.94. The van der Waals surface area contributed by atoms with E-state index in [0.29, 0.717) is 11.1 Å². The standard InChI is InChI=1S/C12H12O3/c1-4-11(12(13)15-3)9-5-7-10(14-2)8-6-9/h5-8H,1H2,2-3H3. The number of carbonyl (C=O) groups is 1. The molecule has 0 aliphatic rings. The van der Waals surface area contributed by atoms with Crippen LogP contribution >= 0.6 is 0 Å². The van der Waals surface area contributed by atoms with E-state index in [1.165, 1.54) is 7.11 Å². The van der Waals surface area contributed by atoms with Crippen LogP contribution in [0.4, 0.5) is 0 Å². The molecule has 3 nitrogen and oxygen atoms in total. The first-order valence-corrected chi connectivity index (χ1v) is 4.35. The highest BCUT2D eigenvalue weighted by Gasteiger charge is 2.10. The number of benzene rings is 1. The molecule has 0 bridgehead atoms. The summed E-state index contributed by atoms with van der Waals surface area (Å²) in [7, 11) is 2.91. The Morgan fingerprint density at radius 2 is 1.87 bits per heavy atom. The maximum atomic E-state index is 11.3. The summed E-state index contributed by atoms with van der Waals surface area (Å²) in [5, 5.41) is 0. The van der Waals surface area contributed by atoms with Gasteiger partial charge in [0.1, 0.15) is 11.3 Å². The lowest BCUT2D eigenvalue weighted by Crippen LogP contribution is -2.02. The predicted octanol–water partition coefficient (Wildman–Crippen LogP) is 2.04. The van der Waals surface area contributed by atoms with Crippen molar-refractivity contribution in [3.05, 3.63) is 42.1 Å². The number of esters is 1. The molecule has 0 unspecified atom stereocenters. The summed E-state index contributed by atoms with van der Waals surface area (Å²) in [5.41, 5.74) is 3.58. The average molecular weight is 204 g/mol. The molecule has 0 radical (unpaired) electrons. The van der Waals surface area contributed by atoms with Gasteiger partial charge in [-0.15, -0.1) is 5.73 Å². The molecule has 0 saturated carbocycles. The molecule has 1 aromatic carbocycles. The smallest absolute Gasteiger partial charge is 0.346 e. The molecule has 15 heavy (non-hydrogen) atoms. The van der Waals surface area contributed by atoms with Crippen molar-refractivity contribution < 1.29 is 14.3 Å².